The normalized spacial score (nSPS) is 12.2. The van der Waals surface area contributed by atoms with Gasteiger partial charge in [-0.1, -0.05) is 11.3 Å². The number of Topliss-reactive ketones (excluding diaryl/α,β-unsaturated/α-hetero) is 1. The molecule has 0 bridgehead atoms. The van der Waals surface area contributed by atoms with Crippen LogP contribution in [0.5, 0.6) is 0 Å². The lowest BCUT2D eigenvalue weighted by molar-refractivity contribution is -0.137. The molecule has 0 fully saturated rings. The number of aromatic nitrogens is 5. The third kappa shape index (κ3) is 2.85. The number of hydrogen-bond acceptors (Lipinski definition) is 6. The van der Waals surface area contributed by atoms with E-state index >= 15 is 0 Å². The van der Waals surface area contributed by atoms with E-state index in [1.807, 2.05) is 0 Å². The zero-order valence-corrected chi connectivity index (χ0v) is 14.3. The number of fused-ring (bicyclic) bond motifs is 1. The molecule has 1 amide bonds. The van der Waals surface area contributed by atoms with Gasteiger partial charge in [0.25, 0.3) is 11.5 Å². The Kier molecular flexibility index (Phi) is 4.33. The van der Waals surface area contributed by atoms with Crippen molar-refractivity contribution in [2.45, 2.75) is 13.0 Å². The fourth-order valence-electron chi connectivity index (χ4n) is 2.52. The zero-order chi connectivity index (χ0) is 19.0. The fourth-order valence-corrected chi connectivity index (χ4v) is 2.52. The van der Waals surface area contributed by atoms with Crippen molar-refractivity contribution in [1.82, 2.24) is 29.4 Å². The first-order valence-electron chi connectivity index (χ1n) is 7.61. The van der Waals surface area contributed by atoms with Crippen molar-refractivity contribution in [1.29, 1.82) is 0 Å². The number of nitrogens with zero attached hydrogens (tertiary/aromatic N) is 6. The lowest BCUT2D eigenvalue weighted by atomic mass is 10.2. The molecule has 134 valence electrons. The van der Waals surface area contributed by atoms with Crippen molar-refractivity contribution in [2.75, 3.05) is 14.1 Å². The number of rotatable bonds is 4. The van der Waals surface area contributed by atoms with Gasteiger partial charge in [0, 0.05) is 14.1 Å². The maximum atomic E-state index is 13.4. The number of likely N-dealkylation sites (N-methyl/N-ethyl adjacent to an activating group) is 1. The number of carbonyl (C=O) groups excluding carboxylic acids is 2. The van der Waals surface area contributed by atoms with Crippen LogP contribution in [0.1, 0.15) is 13.0 Å². The summed E-state index contributed by atoms with van der Waals surface area (Å²) in [5, 5.41) is 7.63. The lowest BCUT2D eigenvalue weighted by Crippen LogP contribution is -2.40. The van der Waals surface area contributed by atoms with Crippen LogP contribution in [0.3, 0.4) is 0 Å². The lowest BCUT2D eigenvalue weighted by Gasteiger charge is -2.19. The van der Waals surface area contributed by atoms with Crippen molar-refractivity contribution >= 4 is 22.9 Å². The van der Waals surface area contributed by atoms with Crippen LogP contribution in [0.15, 0.2) is 35.4 Å². The quantitative estimate of drug-likeness (QED) is 0.623. The summed E-state index contributed by atoms with van der Waals surface area (Å²) < 4.78 is 15.6. The van der Waals surface area contributed by atoms with E-state index in [1.165, 1.54) is 48.8 Å². The van der Waals surface area contributed by atoms with Gasteiger partial charge in [-0.2, -0.15) is 4.68 Å². The predicted molar refractivity (Wildman–Crippen MR) is 89.3 cm³/mol. The van der Waals surface area contributed by atoms with E-state index in [1.54, 1.807) is 6.07 Å². The van der Waals surface area contributed by atoms with Crippen LogP contribution in [0.4, 0.5) is 4.39 Å². The van der Waals surface area contributed by atoms with E-state index in [0.29, 0.717) is 5.69 Å². The van der Waals surface area contributed by atoms with Gasteiger partial charge in [-0.3, -0.25) is 19.0 Å². The Balaban J connectivity index is 2.18. The zero-order valence-electron chi connectivity index (χ0n) is 14.3. The molecule has 0 unspecified atom stereocenters. The van der Waals surface area contributed by atoms with Crippen molar-refractivity contribution in [2.24, 2.45) is 0 Å². The van der Waals surface area contributed by atoms with Gasteiger partial charge in [0.15, 0.2) is 23.0 Å². The van der Waals surface area contributed by atoms with Gasteiger partial charge in [0.05, 0.1) is 5.69 Å². The minimum atomic E-state index is -1.34. The van der Waals surface area contributed by atoms with Gasteiger partial charge in [-0.15, -0.1) is 5.10 Å². The first-order chi connectivity index (χ1) is 12.3. The molecule has 0 aliphatic rings. The third-order valence-corrected chi connectivity index (χ3v) is 3.78. The van der Waals surface area contributed by atoms with E-state index in [0.717, 1.165) is 10.9 Å². The Morgan fingerprint density at radius 1 is 1.27 bits per heavy atom. The van der Waals surface area contributed by atoms with Gasteiger partial charge >= 0.3 is 0 Å². The molecule has 26 heavy (non-hydrogen) atoms. The summed E-state index contributed by atoms with van der Waals surface area (Å²) in [6.07, 6.45) is 1.09. The molecule has 3 aromatic rings. The largest absolute Gasteiger partial charge is 0.347 e. The van der Waals surface area contributed by atoms with Gasteiger partial charge < -0.3 is 4.90 Å². The molecule has 0 saturated heterocycles. The molecule has 0 radical (unpaired) electrons. The number of ketones is 1. The molecule has 0 spiro atoms. The molecule has 1 aromatic carbocycles. The number of amides is 1. The number of benzene rings is 1. The van der Waals surface area contributed by atoms with Gasteiger partial charge in [-0.05, 0) is 25.1 Å². The van der Waals surface area contributed by atoms with Crippen LogP contribution in [0.25, 0.3) is 16.9 Å². The van der Waals surface area contributed by atoms with Gasteiger partial charge in [0.2, 0.25) is 0 Å². The average Bonchev–Trinajstić information content (AvgIpc) is 3.01. The first kappa shape index (κ1) is 17.4. The molecule has 0 saturated carbocycles. The maximum absolute atomic E-state index is 13.4. The summed E-state index contributed by atoms with van der Waals surface area (Å²) in [5.41, 5.74) is -0.385. The Hall–Kier alpha value is -3.43. The average molecular weight is 358 g/mol. The second-order valence-electron chi connectivity index (χ2n) is 5.86. The highest BCUT2D eigenvalue weighted by Gasteiger charge is 2.29. The Morgan fingerprint density at radius 3 is 2.62 bits per heavy atom. The van der Waals surface area contributed by atoms with Crippen LogP contribution in [0, 0.1) is 5.82 Å². The summed E-state index contributed by atoms with van der Waals surface area (Å²) in [5.74, 6) is -1.55. The molecule has 0 N–H and O–H groups in total. The number of halogens is 1. The Morgan fingerprint density at radius 2 is 2.00 bits per heavy atom. The summed E-state index contributed by atoms with van der Waals surface area (Å²) in [4.78, 5) is 42.2. The molecule has 2 heterocycles. The summed E-state index contributed by atoms with van der Waals surface area (Å²) in [7, 11) is 2.96. The van der Waals surface area contributed by atoms with Crippen molar-refractivity contribution in [3.05, 3.63) is 46.8 Å². The van der Waals surface area contributed by atoms with E-state index in [9.17, 15) is 18.8 Å². The molecule has 0 aliphatic carbocycles. The number of carbonyl (C=O) groups is 2. The monoisotopic (exact) mass is 358 g/mol. The van der Waals surface area contributed by atoms with E-state index < -0.39 is 29.1 Å². The predicted octanol–water partition coefficient (Wildman–Crippen LogP) is 0.335. The SMILES string of the molecule is CC(=O)[C@H](C(=O)N(C)C)n1cnc2c(nnn2-c2cccc(F)c2)c1=O. The van der Waals surface area contributed by atoms with Crippen LogP contribution in [-0.2, 0) is 9.59 Å². The van der Waals surface area contributed by atoms with E-state index in [-0.39, 0.29) is 11.2 Å². The van der Waals surface area contributed by atoms with Crippen LogP contribution < -0.4 is 5.56 Å². The van der Waals surface area contributed by atoms with Crippen molar-refractivity contribution in [3.8, 4) is 5.69 Å². The standard InChI is InChI=1S/C16H15FN6O3/c1-9(24)13(16(26)21(2)3)22-8-18-14-12(15(22)25)19-20-23(14)11-6-4-5-10(17)7-11/h4-8,13H,1-3H3/t13-/m1/s1. The highest BCUT2D eigenvalue weighted by Crippen LogP contribution is 2.15. The Bertz CT molecular complexity index is 1070. The molecular weight excluding hydrogens is 343 g/mol. The fraction of sp³-hybridized carbons (Fsp3) is 0.250. The second-order valence-corrected chi connectivity index (χ2v) is 5.86. The Labute approximate surface area is 146 Å². The van der Waals surface area contributed by atoms with Crippen molar-refractivity contribution in [3.63, 3.8) is 0 Å². The first-order valence-corrected chi connectivity index (χ1v) is 7.61. The number of hydrogen-bond donors (Lipinski definition) is 0. The van der Waals surface area contributed by atoms with Crippen LogP contribution >= 0.6 is 0 Å². The molecule has 1 atom stereocenters. The molecule has 9 nitrogen and oxygen atoms in total. The maximum Gasteiger partial charge on any atom is 0.284 e. The smallest absolute Gasteiger partial charge is 0.284 e. The topological polar surface area (TPSA) is 103 Å². The van der Waals surface area contributed by atoms with Gasteiger partial charge in [0.1, 0.15) is 12.1 Å². The molecular formula is C16H15FN6O3. The highest BCUT2D eigenvalue weighted by atomic mass is 19.1. The summed E-state index contributed by atoms with van der Waals surface area (Å²) in [6.45, 7) is 1.21. The molecule has 10 heteroatoms. The highest BCUT2D eigenvalue weighted by molar-refractivity contribution is 6.02. The molecule has 3 rings (SSSR count). The van der Waals surface area contributed by atoms with E-state index in [2.05, 4.69) is 15.3 Å². The minimum Gasteiger partial charge on any atom is -0.347 e. The second kappa shape index (κ2) is 6.47. The van der Waals surface area contributed by atoms with Crippen LogP contribution in [0.2, 0.25) is 0 Å². The van der Waals surface area contributed by atoms with Gasteiger partial charge in [-0.25, -0.2) is 9.37 Å². The minimum absolute atomic E-state index is 0.0939. The summed E-state index contributed by atoms with van der Waals surface area (Å²) >= 11 is 0. The van der Waals surface area contributed by atoms with Crippen LogP contribution in [-0.4, -0.2) is 55.2 Å². The van der Waals surface area contributed by atoms with E-state index in [4.69, 9.17) is 0 Å². The van der Waals surface area contributed by atoms with Crippen molar-refractivity contribution < 1.29 is 14.0 Å². The third-order valence-electron chi connectivity index (χ3n) is 3.78. The molecule has 0 aliphatic heterocycles. The molecule has 2 aromatic heterocycles. The summed E-state index contributed by atoms with van der Waals surface area (Å²) in [6, 6.07) is 4.22.